The van der Waals surface area contributed by atoms with Gasteiger partial charge in [0, 0.05) is 12.6 Å². The third-order valence-electron chi connectivity index (χ3n) is 4.34. The summed E-state index contributed by atoms with van der Waals surface area (Å²) in [5.74, 6) is 1.54. The molecule has 0 radical (unpaired) electrons. The average Bonchev–Trinajstić information content (AvgIpc) is 2.98. The maximum atomic E-state index is 12.1. The lowest BCUT2D eigenvalue weighted by Gasteiger charge is -2.22. The van der Waals surface area contributed by atoms with Gasteiger partial charge in [0.05, 0.1) is 6.04 Å². The van der Waals surface area contributed by atoms with Gasteiger partial charge in [0.25, 0.3) is 0 Å². The van der Waals surface area contributed by atoms with Crippen LogP contribution in [0.15, 0.2) is 24.4 Å². The number of carbonyl (C=O) groups excluding carboxylic acids is 1. The molecule has 6 nitrogen and oxygen atoms in total. The zero-order valence-corrected chi connectivity index (χ0v) is 13.0. The Morgan fingerprint density at radius 2 is 2.23 bits per heavy atom. The fourth-order valence-corrected chi connectivity index (χ4v) is 3.04. The normalized spacial score (nSPS) is 17.5. The van der Waals surface area contributed by atoms with Gasteiger partial charge in [-0.1, -0.05) is 6.07 Å². The zero-order valence-electron chi connectivity index (χ0n) is 13.0. The highest BCUT2D eigenvalue weighted by Gasteiger charge is 2.18. The fraction of sp³-hybridized carbons (Fsp3) is 0.562. The van der Waals surface area contributed by atoms with Gasteiger partial charge in [-0.05, 0) is 57.3 Å². The largest absolute Gasteiger partial charge is 0.346 e. The highest BCUT2D eigenvalue weighted by atomic mass is 16.1. The van der Waals surface area contributed by atoms with Crippen LogP contribution in [0.1, 0.15) is 44.5 Å². The highest BCUT2D eigenvalue weighted by molar-refractivity contribution is 5.76. The summed E-state index contributed by atoms with van der Waals surface area (Å²) >= 11 is 0. The van der Waals surface area contributed by atoms with Gasteiger partial charge in [0.2, 0.25) is 5.91 Å². The standard InChI is InChI=1S/C16H23N5O/c1-12(16-20-19-14-4-2-3-11-21(14)16)18-15(22)6-5-13-7-9-17-10-8-13/h2-4,11-13,17H,5-10H2,1H3,(H,18,22). The molecule has 0 aliphatic carbocycles. The van der Waals surface area contributed by atoms with Crippen molar-refractivity contribution in [2.75, 3.05) is 13.1 Å². The first-order chi connectivity index (χ1) is 10.7. The molecule has 2 N–H and O–H groups in total. The van der Waals surface area contributed by atoms with Crippen molar-refractivity contribution < 1.29 is 4.79 Å². The number of nitrogens with one attached hydrogen (secondary N) is 2. The van der Waals surface area contributed by atoms with E-state index in [-0.39, 0.29) is 11.9 Å². The molecule has 1 unspecified atom stereocenters. The second-order valence-electron chi connectivity index (χ2n) is 6.01. The lowest BCUT2D eigenvalue weighted by molar-refractivity contribution is -0.122. The molecule has 2 aromatic rings. The maximum Gasteiger partial charge on any atom is 0.220 e. The Labute approximate surface area is 130 Å². The van der Waals surface area contributed by atoms with Crippen molar-refractivity contribution in [2.45, 2.75) is 38.6 Å². The van der Waals surface area contributed by atoms with Gasteiger partial charge in [-0.2, -0.15) is 0 Å². The quantitative estimate of drug-likeness (QED) is 0.881. The van der Waals surface area contributed by atoms with Gasteiger partial charge >= 0.3 is 0 Å². The van der Waals surface area contributed by atoms with Crippen LogP contribution in [0, 0.1) is 5.92 Å². The van der Waals surface area contributed by atoms with Crippen LogP contribution in [0.3, 0.4) is 0 Å². The van der Waals surface area contributed by atoms with Gasteiger partial charge in [0.1, 0.15) is 0 Å². The SMILES string of the molecule is CC(NC(=O)CCC1CCNCC1)c1nnc2ccccn12. The predicted octanol–water partition coefficient (Wildman–Crippen LogP) is 1.69. The van der Waals surface area contributed by atoms with Crippen LogP contribution < -0.4 is 10.6 Å². The molecule has 0 spiro atoms. The molecule has 1 aliphatic heterocycles. The summed E-state index contributed by atoms with van der Waals surface area (Å²) in [4.78, 5) is 12.1. The number of hydrogen-bond donors (Lipinski definition) is 2. The minimum Gasteiger partial charge on any atom is -0.346 e. The molecule has 22 heavy (non-hydrogen) atoms. The van der Waals surface area contributed by atoms with E-state index in [2.05, 4.69) is 20.8 Å². The topological polar surface area (TPSA) is 71.3 Å². The third kappa shape index (κ3) is 3.44. The molecule has 1 amide bonds. The number of aromatic nitrogens is 3. The molecule has 3 heterocycles. The van der Waals surface area contributed by atoms with Gasteiger partial charge < -0.3 is 10.6 Å². The molecular formula is C16H23N5O. The minimum atomic E-state index is -0.141. The first-order valence-electron chi connectivity index (χ1n) is 8.04. The number of carbonyl (C=O) groups is 1. The molecule has 1 fully saturated rings. The number of nitrogens with zero attached hydrogens (tertiary/aromatic N) is 3. The molecular weight excluding hydrogens is 278 g/mol. The van der Waals surface area contributed by atoms with Crippen molar-refractivity contribution >= 4 is 11.6 Å². The van der Waals surface area contributed by atoms with Crippen LogP contribution in [-0.2, 0) is 4.79 Å². The fourth-order valence-electron chi connectivity index (χ4n) is 3.04. The summed E-state index contributed by atoms with van der Waals surface area (Å²) in [7, 11) is 0. The maximum absolute atomic E-state index is 12.1. The van der Waals surface area contributed by atoms with E-state index in [1.807, 2.05) is 35.7 Å². The van der Waals surface area contributed by atoms with Crippen LogP contribution in [0.4, 0.5) is 0 Å². The van der Waals surface area contributed by atoms with E-state index in [1.54, 1.807) is 0 Å². The van der Waals surface area contributed by atoms with E-state index in [9.17, 15) is 4.79 Å². The molecule has 0 bridgehead atoms. The van der Waals surface area contributed by atoms with Crippen molar-refractivity contribution in [3.8, 4) is 0 Å². The summed E-state index contributed by atoms with van der Waals surface area (Å²) < 4.78 is 1.91. The van der Waals surface area contributed by atoms with E-state index < -0.39 is 0 Å². The lowest BCUT2D eigenvalue weighted by atomic mass is 9.93. The summed E-state index contributed by atoms with van der Waals surface area (Å²) in [5.41, 5.74) is 0.799. The van der Waals surface area contributed by atoms with Crippen molar-refractivity contribution in [1.29, 1.82) is 0 Å². The molecule has 1 atom stereocenters. The minimum absolute atomic E-state index is 0.0960. The predicted molar refractivity (Wildman–Crippen MR) is 84.4 cm³/mol. The van der Waals surface area contributed by atoms with Gasteiger partial charge in [-0.25, -0.2) is 0 Å². The average molecular weight is 301 g/mol. The van der Waals surface area contributed by atoms with Crippen LogP contribution in [-0.4, -0.2) is 33.6 Å². The molecule has 0 saturated carbocycles. The van der Waals surface area contributed by atoms with Crippen molar-refractivity contribution in [1.82, 2.24) is 25.2 Å². The molecule has 1 aliphatic rings. The molecule has 3 rings (SSSR count). The monoisotopic (exact) mass is 301 g/mol. The Morgan fingerprint density at radius 3 is 3.05 bits per heavy atom. The Hall–Kier alpha value is -1.95. The number of hydrogen-bond acceptors (Lipinski definition) is 4. The number of amides is 1. The second kappa shape index (κ2) is 6.87. The Morgan fingerprint density at radius 1 is 1.41 bits per heavy atom. The van der Waals surface area contributed by atoms with E-state index in [1.165, 1.54) is 12.8 Å². The summed E-state index contributed by atoms with van der Waals surface area (Å²) in [6.45, 7) is 4.11. The van der Waals surface area contributed by atoms with E-state index >= 15 is 0 Å². The smallest absolute Gasteiger partial charge is 0.220 e. The van der Waals surface area contributed by atoms with Crippen LogP contribution >= 0.6 is 0 Å². The van der Waals surface area contributed by atoms with Crippen molar-refractivity contribution in [2.24, 2.45) is 5.92 Å². The second-order valence-corrected chi connectivity index (χ2v) is 6.01. The third-order valence-corrected chi connectivity index (χ3v) is 4.34. The van der Waals surface area contributed by atoms with Gasteiger partial charge in [-0.3, -0.25) is 9.20 Å². The first kappa shape index (κ1) is 15.0. The lowest BCUT2D eigenvalue weighted by Crippen LogP contribution is -2.30. The molecule has 6 heteroatoms. The highest BCUT2D eigenvalue weighted by Crippen LogP contribution is 2.18. The van der Waals surface area contributed by atoms with E-state index in [0.717, 1.165) is 31.0 Å². The summed E-state index contributed by atoms with van der Waals surface area (Å²) in [6, 6.07) is 5.63. The van der Waals surface area contributed by atoms with Crippen LogP contribution in [0.25, 0.3) is 5.65 Å². The van der Waals surface area contributed by atoms with Crippen LogP contribution in [0.5, 0.6) is 0 Å². The summed E-state index contributed by atoms with van der Waals surface area (Å²) in [6.07, 6.45) is 5.84. The molecule has 1 saturated heterocycles. The summed E-state index contributed by atoms with van der Waals surface area (Å²) in [5, 5.41) is 14.7. The number of piperidine rings is 1. The van der Waals surface area contributed by atoms with Crippen molar-refractivity contribution in [3.05, 3.63) is 30.2 Å². The first-order valence-corrected chi connectivity index (χ1v) is 8.04. The van der Waals surface area contributed by atoms with E-state index in [4.69, 9.17) is 0 Å². The number of fused-ring (bicyclic) bond motifs is 1. The molecule has 118 valence electrons. The zero-order chi connectivity index (χ0) is 15.4. The molecule has 2 aromatic heterocycles. The number of pyridine rings is 1. The van der Waals surface area contributed by atoms with Gasteiger partial charge in [0.15, 0.2) is 11.5 Å². The van der Waals surface area contributed by atoms with Crippen molar-refractivity contribution in [3.63, 3.8) is 0 Å². The Bertz CT molecular complexity index is 632. The molecule has 0 aromatic carbocycles. The van der Waals surface area contributed by atoms with Gasteiger partial charge in [-0.15, -0.1) is 10.2 Å². The Balaban J connectivity index is 1.54. The number of rotatable bonds is 5. The van der Waals surface area contributed by atoms with Crippen LogP contribution in [0.2, 0.25) is 0 Å². The van der Waals surface area contributed by atoms with E-state index in [0.29, 0.717) is 12.3 Å². The Kier molecular flexibility index (Phi) is 4.68.